The Labute approximate surface area is 388 Å². The Morgan fingerprint density at radius 2 is 0.891 bits per heavy atom. The van der Waals surface area contributed by atoms with E-state index in [2.05, 4.69) is 83.4 Å². The number of hydrogen-bond donors (Lipinski definition) is 0. The lowest BCUT2D eigenvalue weighted by Gasteiger charge is -2.34. The largest absolute Gasteiger partial charge is 0.309 e. The quantitative estimate of drug-likeness (QED) is 0.164. The molecule has 3 nitrogen and oxygen atoms in total. The van der Waals surface area contributed by atoms with Gasteiger partial charge in [0.15, 0.2) is 0 Å². The first kappa shape index (κ1) is 24.9. The highest BCUT2D eigenvalue weighted by Crippen LogP contribution is 2.56. The molecule has 3 heteroatoms. The fourth-order valence-electron chi connectivity index (χ4n) is 10.8. The summed E-state index contributed by atoms with van der Waals surface area (Å²) in [6.07, 6.45) is 0. The van der Waals surface area contributed by atoms with Gasteiger partial charge in [0.1, 0.15) is 0 Å². The van der Waals surface area contributed by atoms with E-state index in [-0.39, 0.29) is 39.6 Å². The Kier molecular flexibility index (Phi) is 5.17. The van der Waals surface area contributed by atoms with Crippen LogP contribution in [0.4, 0.5) is 0 Å². The summed E-state index contributed by atoms with van der Waals surface area (Å²) >= 11 is 0. The summed E-state index contributed by atoms with van der Waals surface area (Å²) in [5.41, 5.74) is 9.53. The molecule has 0 bridgehead atoms. The predicted molar refractivity (Wildman–Crippen MR) is 267 cm³/mol. The van der Waals surface area contributed by atoms with Gasteiger partial charge in [-0.15, -0.1) is 0 Å². The van der Waals surface area contributed by atoms with Crippen LogP contribution in [0.15, 0.2) is 236 Å². The molecule has 298 valence electrons. The van der Waals surface area contributed by atoms with E-state index in [9.17, 15) is 2.74 Å². The van der Waals surface area contributed by atoms with Crippen molar-refractivity contribution in [3.8, 4) is 28.2 Å². The maximum absolute atomic E-state index is 9.33. The second-order valence-corrected chi connectivity index (χ2v) is 16.3. The number of hydrogen-bond acceptors (Lipinski definition) is 0. The number of rotatable bonds is 5. The van der Waals surface area contributed by atoms with Crippen molar-refractivity contribution in [1.29, 1.82) is 0 Å². The average Bonchev–Trinajstić information content (AvgIpc) is 4.40. The summed E-state index contributed by atoms with van der Waals surface area (Å²) < 4.78 is 121. The van der Waals surface area contributed by atoms with Crippen molar-refractivity contribution in [3.05, 3.63) is 259 Å². The molecular formula is C61H39N3. The maximum atomic E-state index is 9.33. The third-order valence-electron chi connectivity index (χ3n) is 13.3. The SMILES string of the molecule is [2H]c1c([2H])c([2H])c(-n2c3ccccc3c3c(-n4c5ccc(-n6c7c([2H])c([2H])c([2H])c([2H])c7c7c([2H])c([2H])c([2H])c([2H])c76)cc5c5cc(C6(c7ccccc7)c7ccccc7-c7ccccc76)ccc54)cccc32)c([2H])c1[2H]. The molecule has 0 atom stereocenters. The average molecular weight is 827 g/mol. The fourth-order valence-corrected chi connectivity index (χ4v) is 10.8. The lowest BCUT2D eigenvalue weighted by Crippen LogP contribution is -2.28. The first-order valence-electron chi connectivity index (χ1n) is 27.6. The van der Waals surface area contributed by atoms with Crippen LogP contribution < -0.4 is 0 Å². The molecule has 0 spiro atoms. The monoisotopic (exact) mass is 826 g/mol. The third-order valence-corrected chi connectivity index (χ3v) is 13.3. The van der Waals surface area contributed by atoms with Crippen LogP contribution >= 0.6 is 0 Å². The van der Waals surface area contributed by atoms with Gasteiger partial charge in [0.2, 0.25) is 0 Å². The summed E-state index contributed by atoms with van der Waals surface area (Å²) in [7, 11) is 0. The number of fused-ring (bicyclic) bond motifs is 12. The van der Waals surface area contributed by atoms with Crippen molar-refractivity contribution in [2.75, 3.05) is 0 Å². The summed E-state index contributed by atoms with van der Waals surface area (Å²) in [5, 5.41) is 2.99. The Morgan fingerprint density at radius 1 is 0.328 bits per heavy atom. The van der Waals surface area contributed by atoms with Crippen molar-refractivity contribution >= 4 is 65.4 Å². The second-order valence-electron chi connectivity index (χ2n) is 16.3. The van der Waals surface area contributed by atoms with E-state index < -0.39 is 71.9 Å². The molecule has 0 saturated carbocycles. The van der Waals surface area contributed by atoms with Crippen molar-refractivity contribution < 1.29 is 17.8 Å². The highest BCUT2D eigenvalue weighted by Gasteiger charge is 2.46. The van der Waals surface area contributed by atoms with Crippen LogP contribution in [0.5, 0.6) is 0 Å². The van der Waals surface area contributed by atoms with Crippen molar-refractivity contribution in [1.82, 2.24) is 13.7 Å². The molecule has 3 heterocycles. The van der Waals surface area contributed by atoms with Gasteiger partial charge in [-0.1, -0.05) is 164 Å². The van der Waals surface area contributed by atoms with Gasteiger partial charge >= 0.3 is 0 Å². The van der Waals surface area contributed by atoms with Crippen LogP contribution in [-0.4, -0.2) is 13.7 Å². The molecule has 0 saturated heterocycles. The minimum absolute atomic E-state index is 0.00852. The molecule has 1 aliphatic carbocycles. The topological polar surface area (TPSA) is 14.8 Å². The lowest BCUT2D eigenvalue weighted by molar-refractivity contribution is 0.770. The van der Waals surface area contributed by atoms with E-state index in [0.717, 1.165) is 66.3 Å². The highest BCUT2D eigenvalue weighted by molar-refractivity contribution is 6.17. The molecule has 0 radical (unpaired) electrons. The van der Waals surface area contributed by atoms with Crippen LogP contribution in [0.2, 0.25) is 0 Å². The van der Waals surface area contributed by atoms with Gasteiger partial charge in [-0.2, -0.15) is 0 Å². The molecule has 0 unspecified atom stereocenters. The molecule has 14 rings (SSSR count). The lowest BCUT2D eigenvalue weighted by atomic mass is 9.67. The van der Waals surface area contributed by atoms with E-state index in [0.29, 0.717) is 22.1 Å². The third kappa shape index (κ3) is 4.65. The summed E-state index contributed by atoms with van der Waals surface area (Å²) in [4.78, 5) is 0. The Balaban J connectivity index is 1.15. The number of benzene rings is 10. The smallest absolute Gasteiger partial charge is 0.0713 e. The molecule has 64 heavy (non-hydrogen) atoms. The standard InChI is InChI=1S/C61H39N3/c1-3-18-40(19-4-1)61(51-27-12-7-22-44(51)45-23-8-13-28-52(45)61)41-34-36-56-49(38-41)50-39-43(63-53-29-14-9-24-46(53)47-25-10-15-30-54(47)63)35-37-57(50)64(56)59-33-17-32-58-60(59)48-26-11-16-31-55(48)62(58)42-20-5-2-6-21-42/h1-39H/i2D,5D,6D,9D,10D,14D,15D,20D,21D,24D,25D,29D,30D. The van der Waals surface area contributed by atoms with E-state index in [4.69, 9.17) is 15.1 Å². The molecule has 0 N–H and O–H groups in total. The van der Waals surface area contributed by atoms with Gasteiger partial charge in [-0.05, 0) is 106 Å². The maximum Gasteiger partial charge on any atom is 0.0713 e. The Hall–Kier alpha value is -8.40. The summed E-state index contributed by atoms with van der Waals surface area (Å²) in [5.74, 6) is 0. The van der Waals surface area contributed by atoms with E-state index >= 15 is 0 Å². The van der Waals surface area contributed by atoms with Crippen molar-refractivity contribution in [2.45, 2.75) is 5.41 Å². The van der Waals surface area contributed by atoms with Crippen LogP contribution in [-0.2, 0) is 5.41 Å². The second kappa shape index (κ2) is 13.3. The van der Waals surface area contributed by atoms with Gasteiger partial charge < -0.3 is 13.7 Å². The Bertz CT molecular complexity index is 4650. The van der Waals surface area contributed by atoms with Crippen LogP contribution in [0.3, 0.4) is 0 Å². The zero-order valence-corrected chi connectivity index (χ0v) is 33.9. The molecule has 10 aromatic carbocycles. The van der Waals surface area contributed by atoms with Crippen LogP contribution in [0, 0.1) is 0 Å². The molecule has 0 fully saturated rings. The van der Waals surface area contributed by atoms with Crippen LogP contribution in [0.1, 0.15) is 40.1 Å². The van der Waals surface area contributed by atoms with Gasteiger partial charge in [0.05, 0.1) is 62.0 Å². The zero-order valence-electron chi connectivity index (χ0n) is 46.9. The van der Waals surface area contributed by atoms with Crippen LogP contribution in [0.25, 0.3) is 93.6 Å². The van der Waals surface area contributed by atoms with E-state index in [1.807, 2.05) is 72.8 Å². The first-order valence-corrected chi connectivity index (χ1v) is 21.1. The minimum Gasteiger partial charge on any atom is -0.309 e. The van der Waals surface area contributed by atoms with E-state index in [1.165, 1.54) is 4.57 Å². The summed E-state index contributed by atoms with van der Waals surface area (Å²) in [6.45, 7) is 0. The molecule has 1 aliphatic rings. The molecule has 13 aromatic rings. The molecule has 0 amide bonds. The van der Waals surface area contributed by atoms with Gasteiger partial charge in [0, 0.05) is 43.7 Å². The number of para-hydroxylation sites is 4. The summed E-state index contributed by atoms with van der Waals surface area (Å²) in [6, 6.07) is 47.0. The minimum atomic E-state index is -0.800. The van der Waals surface area contributed by atoms with Crippen molar-refractivity contribution in [3.63, 3.8) is 0 Å². The normalized spacial score (nSPS) is 16.0. The molecule has 0 aliphatic heterocycles. The van der Waals surface area contributed by atoms with Gasteiger partial charge in [-0.3, -0.25) is 0 Å². The van der Waals surface area contributed by atoms with Gasteiger partial charge in [-0.25, -0.2) is 0 Å². The first-order chi connectivity index (χ1) is 37.2. The van der Waals surface area contributed by atoms with E-state index in [1.54, 1.807) is 10.6 Å². The number of nitrogens with zero attached hydrogens (tertiary/aromatic N) is 3. The Morgan fingerprint density at radius 3 is 1.62 bits per heavy atom. The number of aromatic nitrogens is 3. The predicted octanol–water partition coefficient (Wildman–Crippen LogP) is 15.3. The highest BCUT2D eigenvalue weighted by atomic mass is 15.0. The fraction of sp³-hybridized carbons (Fsp3) is 0.0164. The zero-order chi connectivity index (χ0) is 53.2. The van der Waals surface area contributed by atoms with Crippen molar-refractivity contribution in [2.24, 2.45) is 0 Å². The molecule has 3 aromatic heterocycles. The molecular weight excluding hydrogens is 775 g/mol. The van der Waals surface area contributed by atoms with Gasteiger partial charge in [0.25, 0.3) is 0 Å².